The van der Waals surface area contributed by atoms with Crippen molar-refractivity contribution in [3.63, 3.8) is 0 Å². The number of hydrogen-bond donors (Lipinski definition) is 2. The first-order chi connectivity index (χ1) is 13.2. The molecule has 0 fully saturated rings. The van der Waals surface area contributed by atoms with E-state index in [0.29, 0.717) is 0 Å². The van der Waals surface area contributed by atoms with Crippen molar-refractivity contribution in [1.29, 1.82) is 0 Å². The van der Waals surface area contributed by atoms with Crippen molar-refractivity contribution >= 4 is 17.5 Å². The minimum absolute atomic E-state index is 0.0647. The highest BCUT2D eigenvalue weighted by atomic mass is 19.1. The maximum atomic E-state index is 13.0. The summed E-state index contributed by atoms with van der Waals surface area (Å²) in [6, 6.07) is 7.22. The van der Waals surface area contributed by atoms with E-state index in [1.807, 2.05) is 0 Å². The standard InChI is InChI=1S/C19H20FN3O5/c1-11(2)17(22-18(25)12-3-5-14(20)6-4-12)19(26)21-10-13-9-15(23(27)28)7-8-16(13)24/h3-9,11,17,24H,10H2,1-2H3,(H,21,26)(H,22,25)/p-1/t17-/m0/s1. The SMILES string of the molecule is CC(C)[C@H](NC(=O)c1ccc(F)cc1)C(=O)NCc1cc([N+](=O)[O-])ccc1[O-]. The van der Waals surface area contributed by atoms with Crippen LogP contribution in [0.15, 0.2) is 42.5 Å². The maximum Gasteiger partial charge on any atom is 0.269 e. The van der Waals surface area contributed by atoms with Gasteiger partial charge in [-0.05, 0) is 35.7 Å². The Labute approximate surface area is 160 Å². The third-order valence-corrected chi connectivity index (χ3v) is 4.05. The number of rotatable bonds is 7. The molecule has 0 saturated heterocycles. The average molecular weight is 388 g/mol. The van der Waals surface area contributed by atoms with Gasteiger partial charge in [0.2, 0.25) is 5.91 Å². The molecule has 0 aromatic heterocycles. The van der Waals surface area contributed by atoms with E-state index in [-0.39, 0.29) is 29.3 Å². The van der Waals surface area contributed by atoms with E-state index in [0.717, 1.165) is 30.3 Å². The summed E-state index contributed by atoms with van der Waals surface area (Å²) in [5.41, 5.74) is 0.00386. The predicted molar refractivity (Wildman–Crippen MR) is 96.9 cm³/mol. The fourth-order valence-corrected chi connectivity index (χ4v) is 2.47. The van der Waals surface area contributed by atoms with Crippen molar-refractivity contribution in [3.8, 4) is 5.75 Å². The molecule has 148 valence electrons. The zero-order valence-corrected chi connectivity index (χ0v) is 15.3. The molecule has 8 nitrogen and oxygen atoms in total. The Balaban J connectivity index is 2.07. The lowest BCUT2D eigenvalue weighted by molar-refractivity contribution is -0.385. The zero-order valence-electron chi connectivity index (χ0n) is 15.3. The molecule has 2 aromatic carbocycles. The van der Waals surface area contributed by atoms with Gasteiger partial charge >= 0.3 is 0 Å². The van der Waals surface area contributed by atoms with E-state index in [9.17, 15) is 29.2 Å². The monoisotopic (exact) mass is 388 g/mol. The molecule has 1 atom stereocenters. The van der Waals surface area contributed by atoms with Gasteiger partial charge in [-0.25, -0.2) is 4.39 Å². The molecule has 0 radical (unpaired) electrons. The van der Waals surface area contributed by atoms with Gasteiger partial charge in [0, 0.05) is 24.2 Å². The topological polar surface area (TPSA) is 124 Å². The second kappa shape index (κ2) is 8.94. The van der Waals surface area contributed by atoms with E-state index >= 15 is 0 Å². The van der Waals surface area contributed by atoms with Crippen molar-refractivity contribution in [2.24, 2.45) is 5.92 Å². The van der Waals surface area contributed by atoms with Crippen molar-refractivity contribution < 1.29 is 24.0 Å². The molecule has 0 saturated carbocycles. The van der Waals surface area contributed by atoms with Crippen LogP contribution in [0.5, 0.6) is 5.75 Å². The van der Waals surface area contributed by atoms with Gasteiger partial charge in [-0.3, -0.25) is 19.7 Å². The molecule has 28 heavy (non-hydrogen) atoms. The van der Waals surface area contributed by atoms with E-state index in [1.54, 1.807) is 13.8 Å². The second-order valence-corrected chi connectivity index (χ2v) is 6.47. The van der Waals surface area contributed by atoms with Gasteiger partial charge in [-0.1, -0.05) is 19.9 Å². The summed E-state index contributed by atoms with van der Waals surface area (Å²) < 4.78 is 13.0. The summed E-state index contributed by atoms with van der Waals surface area (Å²) in [4.78, 5) is 35.0. The summed E-state index contributed by atoms with van der Waals surface area (Å²) in [5, 5.41) is 27.7. The molecule has 0 spiro atoms. The Morgan fingerprint density at radius 3 is 2.36 bits per heavy atom. The minimum atomic E-state index is -0.911. The summed E-state index contributed by atoms with van der Waals surface area (Å²) in [5.74, 6) is -2.30. The molecule has 0 aliphatic heterocycles. The average Bonchev–Trinajstić information content (AvgIpc) is 2.65. The van der Waals surface area contributed by atoms with Crippen LogP contribution < -0.4 is 15.7 Å². The molecular weight excluding hydrogens is 369 g/mol. The van der Waals surface area contributed by atoms with Gasteiger partial charge in [0.15, 0.2) is 0 Å². The molecule has 2 rings (SSSR count). The first-order valence-corrected chi connectivity index (χ1v) is 8.47. The molecule has 0 aliphatic carbocycles. The molecule has 0 aliphatic rings. The molecule has 2 amide bonds. The van der Waals surface area contributed by atoms with Gasteiger partial charge < -0.3 is 15.7 Å². The van der Waals surface area contributed by atoms with Crippen LogP contribution in [0.4, 0.5) is 10.1 Å². The Kier molecular flexibility index (Phi) is 6.64. The molecular formula is C19H19FN3O5-. The number of carbonyl (C=O) groups is 2. The van der Waals surface area contributed by atoms with E-state index in [2.05, 4.69) is 10.6 Å². The molecule has 0 unspecified atom stereocenters. The fourth-order valence-electron chi connectivity index (χ4n) is 2.47. The number of nitro groups is 1. The second-order valence-electron chi connectivity index (χ2n) is 6.47. The minimum Gasteiger partial charge on any atom is -0.872 e. The van der Waals surface area contributed by atoms with Crippen LogP contribution in [-0.4, -0.2) is 22.8 Å². The first-order valence-electron chi connectivity index (χ1n) is 8.47. The van der Waals surface area contributed by atoms with Gasteiger partial charge in [0.1, 0.15) is 11.9 Å². The summed E-state index contributed by atoms with van der Waals surface area (Å²) >= 11 is 0. The van der Waals surface area contributed by atoms with Crippen molar-refractivity contribution in [2.75, 3.05) is 0 Å². The smallest absolute Gasteiger partial charge is 0.269 e. The van der Waals surface area contributed by atoms with Crippen molar-refractivity contribution in [2.45, 2.75) is 26.4 Å². The van der Waals surface area contributed by atoms with Crippen LogP contribution in [0, 0.1) is 21.8 Å². The lowest BCUT2D eigenvalue weighted by atomic mass is 10.0. The number of benzene rings is 2. The van der Waals surface area contributed by atoms with Gasteiger partial charge in [-0.15, -0.1) is 5.75 Å². The Bertz CT molecular complexity index is 884. The first kappa shape index (κ1) is 20.8. The van der Waals surface area contributed by atoms with Crippen molar-refractivity contribution in [3.05, 3.63) is 69.5 Å². The fraction of sp³-hybridized carbons (Fsp3) is 0.263. The number of nitrogens with zero attached hydrogens (tertiary/aromatic N) is 1. The largest absolute Gasteiger partial charge is 0.872 e. The number of halogens is 1. The van der Waals surface area contributed by atoms with Crippen LogP contribution >= 0.6 is 0 Å². The quantitative estimate of drug-likeness (QED) is 0.553. The summed E-state index contributed by atoms with van der Waals surface area (Å²) in [7, 11) is 0. The van der Waals surface area contributed by atoms with E-state index in [1.165, 1.54) is 12.1 Å². The van der Waals surface area contributed by atoms with Crippen molar-refractivity contribution in [1.82, 2.24) is 10.6 Å². The molecule has 0 heterocycles. The van der Waals surface area contributed by atoms with E-state index in [4.69, 9.17) is 0 Å². The van der Waals surface area contributed by atoms with Crippen LogP contribution in [0.3, 0.4) is 0 Å². The Morgan fingerprint density at radius 2 is 1.79 bits per heavy atom. The molecule has 2 aromatic rings. The maximum absolute atomic E-state index is 13.0. The number of non-ortho nitro benzene ring substituents is 1. The van der Waals surface area contributed by atoms with Crippen LogP contribution in [0.2, 0.25) is 0 Å². The van der Waals surface area contributed by atoms with Gasteiger partial charge in [0.05, 0.1) is 4.92 Å². The van der Waals surface area contributed by atoms with E-state index < -0.39 is 34.3 Å². The highest BCUT2D eigenvalue weighted by Gasteiger charge is 2.24. The summed E-state index contributed by atoms with van der Waals surface area (Å²) in [6.45, 7) is 3.23. The van der Waals surface area contributed by atoms with Crippen LogP contribution in [0.1, 0.15) is 29.8 Å². The highest BCUT2D eigenvalue weighted by molar-refractivity contribution is 5.97. The summed E-state index contributed by atoms with van der Waals surface area (Å²) in [6.07, 6.45) is 0. The number of hydrogen-bond acceptors (Lipinski definition) is 5. The number of amides is 2. The number of carbonyl (C=O) groups excluding carboxylic acids is 2. The van der Waals surface area contributed by atoms with Crippen LogP contribution in [-0.2, 0) is 11.3 Å². The third-order valence-electron chi connectivity index (χ3n) is 4.05. The van der Waals surface area contributed by atoms with Gasteiger partial charge in [-0.2, -0.15) is 0 Å². The highest BCUT2D eigenvalue weighted by Crippen LogP contribution is 2.20. The number of nitrogens with one attached hydrogen (secondary N) is 2. The zero-order chi connectivity index (χ0) is 20.8. The lowest BCUT2D eigenvalue weighted by Gasteiger charge is -2.22. The normalized spacial score (nSPS) is 11.7. The molecule has 9 heteroatoms. The Hall–Kier alpha value is -3.49. The number of nitro benzene ring substituents is 1. The third kappa shape index (κ3) is 5.26. The van der Waals surface area contributed by atoms with Gasteiger partial charge in [0.25, 0.3) is 11.6 Å². The Morgan fingerprint density at radius 1 is 1.14 bits per heavy atom. The predicted octanol–water partition coefficient (Wildman–Crippen LogP) is 1.88. The lowest BCUT2D eigenvalue weighted by Crippen LogP contribution is -2.49. The van der Waals surface area contributed by atoms with Crippen LogP contribution in [0.25, 0.3) is 0 Å². The molecule has 2 N–H and O–H groups in total. The molecule has 0 bridgehead atoms.